The van der Waals surface area contributed by atoms with Gasteiger partial charge in [-0.05, 0) is 54.4 Å². The minimum absolute atomic E-state index is 0.0675. The van der Waals surface area contributed by atoms with Crippen LogP contribution in [0.3, 0.4) is 0 Å². The minimum atomic E-state index is -3.57. The number of carbonyl (C=O) groups excluding carboxylic acids is 1. The number of anilines is 1. The number of rotatable bonds is 7. The molecule has 3 aromatic carbocycles. The fourth-order valence-electron chi connectivity index (χ4n) is 3.04. The molecule has 0 spiro atoms. The first-order valence-corrected chi connectivity index (χ1v) is 11.2. The lowest BCUT2D eigenvalue weighted by atomic mass is 10.1. The van der Waals surface area contributed by atoms with Gasteiger partial charge in [-0.15, -0.1) is 0 Å². The van der Waals surface area contributed by atoms with Crippen molar-refractivity contribution in [1.29, 1.82) is 0 Å². The molecule has 0 aliphatic heterocycles. The number of halogens is 1. The zero-order valence-corrected chi connectivity index (χ0v) is 17.6. The summed E-state index contributed by atoms with van der Waals surface area (Å²) >= 11 is 0. The third-order valence-corrected chi connectivity index (χ3v) is 5.73. The van der Waals surface area contributed by atoms with Gasteiger partial charge in [-0.1, -0.05) is 42.0 Å². The van der Waals surface area contributed by atoms with Crippen LogP contribution < -0.4 is 9.62 Å². The lowest BCUT2D eigenvalue weighted by Gasteiger charge is -2.22. The van der Waals surface area contributed by atoms with Gasteiger partial charge in [0.15, 0.2) is 0 Å². The van der Waals surface area contributed by atoms with Gasteiger partial charge >= 0.3 is 0 Å². The van der Waals surface area contributed by atoms with Gasteiger partial charge in [0.25, 0.3) is 5.91 Å². The minimum Gasteiger partial charge on any atom is -0.348 e. The Morgan fingerprint density at radius 3 is 2.23 bits per heavy atom. The summed E-state index contributed by atoms with van der Waals surface area (Å²) in [6, 6.07) is 19.9. The molecule has 0 radical (unpaired) electrons. The third-order valence-electron chi connectivity index (χ3n) is 4.59. The van der Waals surface area contributed by atoms with E-state index in [0.717, 1.165) is 17.4 Å². The number of amides is 1. The molecule has 0 saturated heterocycles. The predicted octanol–water partition coefficient (Wildman–Crippen LogP) is 4.03. The van der Waals surface area contributed by atoms with E-state index in [0.29, 0.717) is 23.4 Å². The molecule has 7 heteroatoms. The quantitative estimate of drug-likeness (QED) is 0.620. The van der Waals surface area contributed by atoms with Gasteiger partial charge in [0, 0.05) is 12.1 Å². The summed E-state index contributed by atoms with van der Waals surface area (Å²) in [6.45, 7) is 2.46. The van der Waals surface area contributed by atoms with Crippen molar-refractivity contribution in [3.05, 3.63) is 101 Å². The van der Waals surface area contributed by atoms with Crippen LogP contribution in [0.25, 0.3) is 0 Å². The first-order valence-electron chi connectivity index (χ1n) is 9.38. The van der Waals surface area contributed by atoms with Gasteiger partial charge < -0.3 is 5.32 Å². The average molecular weight is 427 g/mol. The highest BCUT2D eigenvalue weighted by Crippen LogP contribution is 2.21. The summed E-state index contributed by atoms with van der Waals surface area (Å²) in [4.78, 5) is 12.4. The highest BCUT2D eigenvalue weighted by atomic mass is 32.2. The maximum absolute atomic E-state index is 13.1. The molecule has 0 heterocycles. The van der Waals surface area contributed by atoms with Crippen LogP contribution >= 0.6 is 0 Å². The molecule has 156 valence electrons. The summed E-state index contributed by atoms with van der Waals surface area (Å²) in [5.74, 6) is -0.627. The number of hydrogen-bond acceptors (Lipinski definition) is 3. The SMILES string of the molecule is Cc1cccc(CNC(=O)c2ccc(N(Cc3ccc(F)cc3)S(C)(=O)=O)cc2)c1. The number of nitrogens with one attached hydrogen (secondary N) is 1. The van der Waals surface area contributed by atoms with Gasteiger partial charge in [0.1, 0.15) is 5.82 Å². The average Bonchev–Trinajstić information content (AvgIpc) is 2.71. The molecule has 5 nitrogen and oxygen atoms in total. The number of aryl methyl sites for hydroxylation is 1. The molecule has 30 heavy (non-hydrogen) atoms. The molecule has 0 aromatic heterocycles. The molecule has 1 N–H and O–H groups in total. The maximum atomic E-state index is 13.1. The van der Waals surface area contributed by atoms with E-state index in [1.807, 2.05) is 31.2 Å². The number of nitrogens with zero attached hydrogens (tertiary/aromatic N) is 1. The zero-order valence-electron chi connectivity index (χ0n) is 16.8. The Morgan fingerprint density at radius 1 is 0.967 bits per heavy atom. The van der Waals surface area contributed by atoms with Crippen molar-refractivity contribution in [1.82, 2.24) is 5.32 Å². The first-order chi connectivity index (χ1) is 14.2. The topological polar surface area (TPSA) is 66.5 Å². The Bertz CT molecular complexity index is 1130. The van der Waals surface area contributed by atoms with Crippen molar-refractivity contribution < 1.29 is 17.6 Å². The van der Waals surface area contributed by atoms with Gasteiger partial charge in [0.2, 0.25) is 10.0 Å². The molecule has 1 amide bonds. The molecule has 0 aliphatic rings. The highest BCUT2D eigenvalue weighted by Gasteiger charge is 2.18. The second-order valence-corrected chi connectivity index (χ2v) is 9.02. The summed E-state index contributed by atoms with van der Waals surface area (Å²) < 4.78 is 38.9. The van der Waals surface area contributed by atoms with E-state index in [2.05, 4.69) is 5.32 Å². The Labute approximate surface area is 176 Å². The highest BCUT2D eigenvalue weighted by molar-refractivity contribution is 7.92. The van der Waals surface area contributed by atoms with Crippen LogP contribution in [0.1, 0.15) is 27.0 Å². The van der Waals surface area contributed by atoms with Crippen LogP contribution in [0, 0.1) is 12.7 Å². The van der Waals surface area contributed by atoms with E-state index in [1.165, 1.54) is 16.4 Å². The number of carbonyl (C=O) groups is 1. The summed E-state index contributed by atoms with van der Waals surface area (Å²) in [6.07, 6.45) is 1.11. The van der Waals surface area contributed by atoms with E-state index in [9.17, 15) is 17.6 Å². The molecule has 0 fully saturated rings. The molecule has 0 saturated carbocycles. The molecule has 3 aromatic rings. The normalized spacial score (nSPS) is 11.2. The van der Waals surface area contributed by atoms with Crippen LogP contribution in [0.2, 0.25) is 0 Å². The Morgan fingerprint density at radius 2 is 1.63 bits per heavy atom. The van der Waals surface area contributed by atoms with Crippen molar-refractivity contribution in [2.45, 2.75) is 20.0 Å². The van der Waals surface area contributed by atoms with Crippen LogP contribution in [-0.4, -0.2) is 20.6 Å². The monoisotopic (exact) mass is 426 g/mol. The smallest absolute Gasteiger partial charge is 0.251 e. The van der Waals surface area contributed by atoms with E-state index in [1.54, 1.807) is 36.4 Å². The predicted molar refractivity (Wildman–Crippen MR) is 116 cm³/mol. The van der Waals surface area contributed by atoms with Gasteiger partial charge in [-0.2, -0.15) is 0 Å². The molecule has 0 unspecified atom stereocenters. The van der Waals surface area contributed by atoms with E-state index < -0.39 is 10.0 Å². The van der Waals surface area contributed by atoms with Crippen LogP contribution in [0.5, 0.6) is 0 Å². The van der Waals surface area contributed by atoms with Gasteiger partial charge in [-0.25, -0.2) is 12.8 Å². The molecule has 0 bridgehead atoms. The second-order valence-electron chi connectivity index (χ2n) is 7.11. The molecular weight excluding hydrogens is 403 g/mol. The van der Waals surface area contributed by atoms with Gasteiger partial charge in [0.05, 0.1) is 18.5 Å². The Balaban J connectivity index is 1.72. The Hall–Kier alpha value is -3.19. The fourth-order valence-corrected chi connectivity index (χ4v) is 3.93. The lowest BCUT2D eigenvalue weighted by Crippen LogP contribution is -2.29. The second kappa shape index (κ2) is 9.09. The van der Waals surface area contributed by atoms with E-state index in [-0.39, 0.29) is 18.3 Å². The summed E-state index contributed by atoms with van der Waals surface area (Å²) in [7, 11) is -3.57. The van der Waals surface area contributed by atoms with Crippen molar-refractivity contribution in [3.63, 3.8) is 0 Å². The molecular formula is C23H23FN2O3S. The number of hydrogen-bond donors (Lipinski definition) is 1. The van der Waals surface area contributed by atoms with Crippen molar-refractivity contribution in [2.75, 3.05) is 10.6 Å². The van der Waals surface area contributed by atoms with Crippen molar-refractivity contribution >= 4 is 21.6 Å². The molecule has 0 atom stereocenters. The number of benzene rings is 3. The summed E-state index contributed by atoms with van der Waals surface area (Å²) in [5, 5.41) is 2.86. The zero-order chi connectivity index (χ0) is 21.7. The lowest BCUT2D eigenvalue weighted by molar-refractivity contribution is 0.0951. The summed E-state index contributed by atoms with van der Waals surface area (Å²) in [5.41, 5.74) is 3.64. The largest absolute Gasteiger partial charge is 0.348 e. The van der Waals surface area contributed by atoms with Crippen molar-refractivity contribution in [2.24, 2.45) is 0 Å². The third kappa shape index (κ3) is 5.67. The first kappa shape index (κ1) is 21.5. The van der Waals surface area contributed by atoms with Gasteiger partial charge in [-0.3, -0.25) is 9.10 Å². The van der Waals surface area contributed by atoms with Crippen LogP contribution in [0.4, 0.5) is 10.1 Å². The Kier molecular flexibility index (Phi) is 6.52. The van der Waals surface area contributed by atoms with E-state index >= 15 is 0 Å². The maximum Gasteiger partial charge on any atom is 0.251 e. The number of sulfonamides is 1. The standard InChI is InChI=1S/C23H23FN2O3S/c1-17-4-3-5-19(14-17)15-25-23(27)20-8-12-22(13-9-20)26(30(2,28)29)16-18-6-10-21(24)11-7-18/h3-14H,15-16H2,1-2H3,(H,25,27). The molecule has 0 aliphatic carbocycles. The van der Waals surface area contributed by atoms with E-state index in [4.69, 9.17) is 0 Å². The fraction of sp³-hybridized carbons (Fsp3) is 0.174. The van der Waals surface area contributed by atoms with Crippen molar-refractivity contribution in [3.8, 4) is 0 Å². The van der Waals surface area contributed by atoms with Crippen LogP contribution in [0.15, 0.2) is 72.8 Å². The van der Waals surface area contributed by atoms with Crippen LogP contribution in [-0.2, 0) is 23.1 Å². The molecule has 3 rings (SSSR count).